The number of nitrogens with one attached hydrogen (secondary N) is 2. The SMILES string of the molecule is CCC(C)C(NC(=O)C1CCCN1C(=O)C(N)CC(C)C)C(=O)NC(CCSC)C(=O)O. The van der Waals surface area contributed by atoms with Crippen molar-refractivity contribution in [2.24, 2.45) is 17.6 Å². The van der Waals surface area contributed by atoms with Gasteiger partial charge < -0.3 is 26.4 Å². The number of hydrogen-bond donors (Lipinski definition) is 4. The van der Waals surface area contributed by atoms with E-state index in [1.807, 2.05) is 34.0 Å². The van der Waals surface area contributed by atoms with Crippen LogP contribution in [0.5, 0.6) is 0 Å². The maximum Gasteiger partial charge on any atom is 0.326 e. The molecule has 3 amide bonds. The van der Waals surface area contributed by atoms with Crippen LogP contribution in [0.3, 0.4) is 0 Å². The number of carboxylic acids is 1. The molecule has 5 N–H and O–H groups in total. The Morgan fingerprint density at radius 1 is 1.19 bits per heavy atom. The van der Waals surface area contributed by atoms with Crippen LogP contribution < -0.4 is 16.4 Å². The van der Waals surface area contributed by atoms with Crippen molar-refractivity contribution in [2.45, 2.75) is 84.0 Å². The molecule has 0 radical (unpaired) electrons. The number of nitrogens with zero attached hydrogens (tertiary/aromatic N) is 1. The van der Waals surface area contributed by atoms with Crippen molar-refractivity contribution < 1.29 is 24.3 Å². The van der Waals surface area contributed by atoms with Crippen LogP contribution in [0.15, 0.2) is 0 Å². The molecular formula is C22H40N4O5S. The monoisotopic (exact) mass is 472 g/mol. The van der Waals surface area contributed by atoms with E-state index in [0.717, 1.165) is 0 Å². The molecular weight excluding hydrogens is 432 g/mol. The molecule has 1 rings (SSSR count). The molecule has 0 aromatic rings. The minimum atomic E-state index is -1.10. The maximum atomic E-state index is 13.1. The minimum absolute atomic E-state index is 0.206. The molecule has 0 bridgehead atoms. The number of likely N-dealkylation sites (tertiary alicyclic amines) is 1. The van der Waals surface area contributed by atoms with E-state index in [1.54, 1.807) is 0 Å². The molecule has 1 heterocycles. The van der Waals surface area contributed by atoms with Crippen LogP contribution >= 0.6 is 11.8 Å². The van der Waals surface area contributed by atoms with Crippen molar-refractivity contribution in [2.75, 3.05) is 18.6 Å². The number of rotatable bonds is 13. The van der Waals surface area contributed by atoms with Gasteiger partial charge in [-0.3, -0.25) is 14.4 Å². The second kappa shape index (κ2) is 13.7. The predicted molar refractivity (Wildman–Crippen MR) is 126 cm³/mol. The minimum Gasteiger partial charge on any atom is -0.480 e. The zero-order valence-corrected chi connectivity index (χ0v) is 20.7. The number of aliphatic carboxylic acids is 1. The van der Waals surface area contributed by atoms with E-state index in [0.29, 0.717) is 44.4 Å². The predicted octanol–water partition coefficient (Wildman–Crippen LogP) is 1.20. The molecule has 184 valence electrons. The highest BCUT2D eigenvalue weighted by atomic mass is 32.2. The van der Waals surface area contributed by atoms with Gasteiger partial charge in [-0.1, -0.05) is 34.1 Å². The van der Waals surface area contributed by atoms with Gasteiger partial charge in [0.2, 0.25) is 17.7 Å². The molecule has 0 saturated carbocycles. The fourth-order valence-electron chi connectivity index (χ4n) is 3.83. The van der Waals surface area contributed by atoms with Crippen LogP contribution in [-0.4, -0.2) is 76.4 Å². The summed E-state index contributed by atoms with van der Waals surface area (Å²) >= 11 is 1.50. The molecule has 10 heteroatoms. The Bertz CT molecular complexity index is 660. The Morgan fingerprint density at radius 2 is 1.84 bits per heavy atom. The summed E-state index contributed by atoms with van der Waals surface area (Å²) in [6, 6.07) is -3.24. The van der Waals surface area contributed by atoms with Crippen molar-refractivity contribution in [1.82, 2.24) is 15.5 Å². The smallest absolute Gasteiger partial charge is 0.326 e. The van der Waals surface area contributed by atoms with Gasteiger partial charge in [-0.15, -0.1) is 0 Å². The van der Waals surface area contributed by atoms with Gasteiger partial charge in [0.05, 0.1) is 6.04 Å². The summed E-state index contributed by atoms with van der Waals surface area (Å²) in [5.41, 5.74) is 6.06. The lowest BCUT2D eigenvalue weighted by Crippen LogP contribution is -2.58. The van der Waals surface area contributed by atoms with Gasteiger partial charge in [-0.25, -0.2) is 4.79 Å². The Balaban J connectivity index is 2.91. The standard InChI is InChI=1S/C22H40N4O5S/c1-6-14(4)18(20(28)24-16(22(30)31)9-11-32-5)25-19(27)17-8-7-10-26(17)21(29)15(23)12-13(2)3/h13-18H,6-12,23H2,1-5H3,(H,24,28)(H,25,27)(H,30,31). The summed E-state index contributed by atoms with van der Waals surface area (Å²) in [6.45, 7) is 8.16. The van der Waals surface area contributed by atoms with Gasteiger partial charge in [0.15, 0.2) is 0 Å². The van der Waals surface area contributed by atoms with Crippen LogP contribution in [0.25, 0.3) is 0 Å². The van der Waals surface area contributed by atoms with Crippen molar-refractivity contribution in [3.05, 3.63) is 0 Å². The van der Waals surface area contributed by atoms with E-state index in [4.69, 9.17) is 5.73 Å². The van der Waals surface area contributed by atoms with Gasteiger partial charge >= 0.3 is 5.97 Å². The van der Waals surface area contributed by atoms with Crippen LogP contribution in [0.1, 0.15) is 59.8 Å². The number of thioether (sulfide) groups is 1. The van der Waals surface area contributed by atoms with Gasteiger partial charge in [-0.05, 0) is 49.5 Å². The molecule has 5 atom stereocenters. The third-order valence-corrected chi connectivity index (χ3v) is 6.54. The first-order valence-corrected chi connectivity index (χ1v) is 12.8. The van der Waals surface area contributed by atoms with E-state index in [-0.39, 0.29) is 17.7 Å². The third-order valence-electron chi connectivity index (χ3n) is 5.90. The van der Waals surface area contributed by atoms with E-state index in [2.05, 4.69) is 10.6 Å². The molecule has 5 unspecified atom stereocenters. The Labute approximate surface area is 195 Å². The van der Waals surface area contributed by atoms with Gasteiger partial charge in [0.1, 0.15) is 18.1 Å². The van der Waals surface area contributed by atoms with E-state index < -0.39 is 42.0 Å². The fourth-order valence-corrected chi connectivity index (χ4v) is 4.30. The molecule has 1 saturated heterocycles. The summed E-state index contributed by atoms with van der Waals surface area (Å²) in [6.07, 6.45) is 4.51. The lowest BCUT2D eigenvalue weighted by molar-refractivity contribution is -0.143. The van der Waals surface area contributed by atoms with Crippen molar-refractivity contribution in [1.29, 1.82) is 0 Å². The summed E-state index contributed by atoms with van der Waals surface area (Å²) in [5, 5.41) is 14.8. The number of carboxylic acid groups (broad SMARTS) is 1. The molecule has 0 spiro atoms. The molecule has 9 nitrogen and oxygen atoms in total. The van der Waals surface area contributed by atoms with Crippen molar-refractivity contribution in [3.8, 4) is 0 Å². The quantitative estimate of drug-likeness (QED) is 0.315. The molecule has 0 aromatic carbocycles. The second-order valence-electron chi connectivity index (χ2n) is 8.98. The first kappa shape index (κ1) is 28.2. The Kier molecular flexibility index (Phi) is 12.1. The van der Waals surface area contributed by atoms with E-state index >= 15 is 0 Å². The number of carbonyl (C=O) groups is 4. The summed E-state index contributed by atoms with van der Waals surface area (Å²) in [7, 11) is 0. The first-order chi connectivity index (χ1) is 15.0. The van der Waals surface area contributed by atoms with Crippen molar-refractivity contribution in [3.63, 3.8) is 0 Å². The molecule has 1 aliphatic rings. The number of amides is 3. The average molecular weight is 473 g/mol. The number of hydrogen-bond acceptors (Lipinski definition) is 6. The molecule has 0 aliphatic carbocycles. The number of nitrogens with two attached hydrogens (primary N) is 1. The summed E-state index contributed by atoms with van der Waals surface area (Å²) < 4.78 is 0. The van der Waals surface area contributed by atoms with Crippen molar-refractivity contribution >= 4 is 35.5 Å². The average Bonchev–Trinajstić information content (AvgIpc) is 3.22. The fraction of sp³-hybridized carbons (Fsp3) is 0.818. The van der Waals surface area contributed by atoms with E-state index in [9.17, 15) is 24.3 Å². The van der Waals surface area contributed by atoms with Crippen LogP contribution in [0.2, 0.25) is 0 Å². The lowest BCUT2D eigenvalue weighted by atomic mass is 9.97. The molecule has 0 aromatic heterocycles. The van der Waals surface area contributed by atoms with Crippen LogP contribution in [0.4, 0.5) is 0 Å². The Hall–Kier alpha value is -1.81. The molecule has 32 heavy (non-hydrogen) atoms. The van der Waals surface area contributed by atoms with Crippen LogP contribution in [-0.2, 0) is 19.2 Å². The maximum absolute atomic E-state index is 13.1. The first-order valence-electron chi connectivity index (χ1n) is 11.4. The normalized spacial score (nSPS) is 19.8. The topological polar surface area (TPSA) is 142 Å². The largest absolute Gasteiger partial charge is 0.480 e. The molecule has 1 fully saturated rings. The molecule has 1 aliphatic heterocycles. The van der Waals surface area contributed by atoms with E-state index in [1.165, 1.54) is 16.7 Å². The van der Waals surface area contributed by atoms with Gasteiger partial charge in [0, 0.05) is 6.54 Å². The Morgan fingerprint density at radius 3 is 2.38 bits per heavy atom. The lowest BCUT2D eigenvalue weighted by Gasteiger charge is -2.30. The summed E-state index contributed by atoms with van der Waals surface area (Å²) in [4.78, 5) is 51.9. The third kappa shape index (κ3) is 8.27. The summed E-state index contributed by atoms with van der Waals surface area (Å²) in [5.74, 6) is -1.62. The van der Waals surface area contributed by atoms with Gasteiger partial charge in [0.25, 0.3) is 0 Å². The highest BCUT2D eigenvalue weighted by molar-refractivity contribution is 7.98. The van der Waals surface area contributed by atoms with Gasteiger partial charge in [-0.2, -0.15) is 11.8 Å². The van der Waals surface area contributed by atoms with Crippen LogP contribution in [0, 0.1) is 11.8 Å². The zero-order valence-electron chi connectivity index (χ0n) is 19.9. The highest BCUT2D eigenvalue weighted by Crippen LogP contribution is 2.21. The zero-order chi connectivity index (χ0) is 24.4. The second-order valence-corrected chi connectivity index (χ2v) is 9.96. The number of carbonyl (C=O) groups excluding carboxylic acids is 3. The highest BCUT2D eigenvalue weighted by Gasteiger charge is 2.38.